The number of benzene rings is 1. The van der Waals surface area contributed by atoms with Gasteiger partial charge in [0.15, 0.2) is 0 Å². The summed E-state index contributed by atoms with van der Waals surface area (Å²) in [7, 11) is 1.84. The minimum atomic E-state index is 0.702. The summed E-state index contributed by atoms with van der Waals surface area (Å²) in [5, 5.41) is 6.23. The summed E-state index contributed by atoms with van der Waals surface area (Å²) in [6.07, 6.45) is 1.81. The highest BCUT2D eigenvalue weighted by Crippen LogP contribution is 2.14. The number of aryl methyl sites for hydroxylation is 1. The smallest absolute Gasteiger partial charge is 0.285 e. The van der Waals surface area contributed by atoms with Crippen LogP contribution in [0.5, 0.6) is 0 Å². The molecule has 12 heavy (non-hydrogen) atoms. The first-order valence-electron chi connectivity index (χ1n) is 3.78. The van der Waals surface area contributed by atoms with Crippen LogP contribution in [0.15, 0.2) is 30.5 Å². The van der Waals surface area contributed by atoms with E-state index in [2.05, 4.69) is 5.10 Å². The van der Waals surface area contributed by atoms with Gasteiger partial charge < -0.3 is 0 Å². The monoisotopic (exact) mass is 160 g/mol. The molecule has 2 aromatic rings. The number of rotatable bonds is 0. The van der Waals surface area contributed by atoms with Gasteiger partial charge in [-0.25, -0.2) is 0 Å². The standard InChI is InChI=1S/C9H9N3/c1-12-9(10)8-5-3-2-4-7(8)6-11-12/h2-6,10H,1H3/p+1. The van der Waals surface area contributed by atoms with E-state index in [4.69, 9.17) is 5.73 Å². The van der Waals surface area contributed by atoms with E-state index in [9.17, 15) is 0 Å². The number of nitrogen functional groups attached to an aromatic ring is 1. The second kappa shape index (κ2) is 2.44. The Balaban J connectivity index is 2.91. The minimum Gasteiger partial charge on any atom is -0.285 e. The molecule has 0 radical (unpaired) electrons. The largest absolute Gasteiger partial charge is 0.300 e. The Kier molecular flexibility index (Phi) is 1.43. The molecule has 0 aliphatic carbocycles. The fourth-order valence-electron chi connectivity index (χ4n) is 1.23. The second-order valence-electron chi connectivity index (χ2n) is 2.74. The van der Waals surface area contributed by atoms with Crippen molar-refractivity contribution in [2.75, 3.05) is 5.73 Å². The molecule has 0 atom stereocenters. The summed E-state index contributed by atoms with van der Waals surface area (Å²) >= 11 is 0. The Morgan fingerprint density at radius 1 is 1.33 bits per heavy atom. The normalized spacial score (nSPS) is 10.4. The Bertz CT molecular complexity index is 423. The third-order valence-corrected chi connectivity index (χ3v) is 1.96. The summed E-state index contributed by atoms with van der Waals surface area (Å²) < 4.78 is 1.67. The number of anilines is 1. The molecule has 60 valence electrons. The van der Waals surface area contributed by atoms with Crippen LogP contribution >= 0.6 is 0 Å². The molecule has 0 saturated carbocycles. The predicted octanol–water partition coefficient (Wildman–Crippen LogP) is 0.641. The van der Waals surface area contributed by atoms with E-state index in [1.165, 1.54) is 0 Å². The molecule has 0 unspecified atom stereocenters. The van der Waals surface area contributed by atoms with Crippen LogP contribution in [0.3, 0.4) is 0 Å². The lowest BCUT2D eigenvalue weighted by atomic mass is 10.2. The van der Waals surface area contributed by atoms with Crippen molar-refractivity contribution in [1.82, 2.24) is 5.10 Å². The molecule has 0 aliphatic heterocycles. The van der Waals surface area contributed by atoms with Gasteiger partial charge in [-0.15, -0.1) is 4.68 Å². The van der Waals surface area contributed by atoms with Gasteiger partial charge in [0.25, 0.3) is 0 Å². The maximum absolute atomic E-state index is 5.82. The molecule has 3 heteroatoms. The lowest BCUT2D eigenvalue weighted by Crippen LogP contribution is -2.36. The van der Waals surface area contributed by atoms with Crippen molar-refractivity contribution in [1.29, 1.82) is 0 Å². The molecule has 3 nitrogen and oxygen atoms in total. The van der Waals surface area contributed by atoms with Crippen molar-refractivity contribution < 1.29 is 4.68 Å². The average Bonchev–Trinajstić information content (AvgIpc) is 2.12. The number of hydrogen-bond donors (Lipinski definition) is 1. The van der Waals surface area contributed by atoms with Gasteiger partial charge >= 0.3 is 5.82 Å². The van der Waals surface area contributed by atoms with Crippen LogP contribution in [-0.2, 0) is 7.05 Å². The van der Waals surface area contributed by atoms with E-state index in [0.29, 0.717) is 5.82 Å². The van der Waals surface area contributed by atoms with E-state index in [1.807, 2.05) is 37.5 Å². The summed E-state index contributed by atoms with van der Waals surface area (Å²) in [6.45, 7) is 0. The van der Waals surface area contributed by atoms with Gasteiger partial charge in [-0.3, -0.25) is 5.73 Å². The van der Waals surface area contributed by atoms with Crippen LogP contribution in [0.1, 0.15) is 0 Å². The van der Waals surface area contributed by atoms with Crippen LogP contribution in [-0.4, -0.2) is 5.10 Å². The molecule has 1 heterocycles. The third kappa shape index (κ3) is 0.906. The first-order valence-corrected chi connectivity index (χ1v) is 3.78. The highest BCUT2D eigenvalue weighted by molar-refractivity contribution is 5.88. The van der Waals surface area contributed by atoms with E-state index in [0.717, 1.165) is 10.8 Å². The molecule has 0 saturated heterocycles. The van der Waals surface area contributed by atoms with Crippen molar-refractivity contribution in [2.24, 2.45) is 7.05 Å². The van der Waals surface area contributed by atoms with Crippen molar-refractivity contribution in [3.8, 4) is 0 Å². The van der Waals surface area contributed by atoms with E-state index in [1.54, 1.807) is 4.68 Å². The third-order valence-electron chi connectivity index (χ3n) is 1.96. The quantitative estimate of drug-likeness (QED) is 0.575. The van der Waals surface area contributed by atoms with E-state index >= 15 is 0 Å². The summed E-state index contributed by atoms with van der Waals surface area (Å²) in [5.74, 6) is 0.702. The van der Waals surface area contributed by atoms with Gasteiger partial charge in [0.05, 0.1) is 11.6 Å². The molecule has 0 fully saturated rings. The van der Waals surface area contributed by atoms with Crippen molar-refractivity contribution >= 4 is 16.6 Å². The molecule has 0 aliphatic rings. The lowest BCUT2D eigenvalue weighted by molar-refractivity contribution is -0.715. The predicted molar refractivity (Wildman–Crippen MR) is 47.3 cm³/mol. The second-order valence-corrected chi connectivity index (χ2v) is 2.74. The van der Waals surface area contributed by atoms with Gasteiger partial charge in [-0.1, -0.05) is 23.3 Å². The Labute approximate surface area is 70.4 Å². The van der Waals surface area contributed by atoms with Crippen molar-refractivity contribution in [2.45, 2.75) is 0 Å². The fraction of sp³-hybridized carbons (Fsp3) is 0.111. The molecule has 0 bridgehead atoms. The zero-order chi connectivity index (χ0) is 8.55. The van der Waals surface area contributed by atoms with Crippen LogP contribution in [0.25, 0.3) is 10.8 Å². The van der Waals surface area contributed by atoms with Crippen LogP contribution in [0.2, 0.25) is 0 Å². The van der Waals surface area contributed by atoms with Crippen LogP contribution in [0.4, 0.5) is 5.82 Å². The molecule has 1 aromatic carbocycles. The number of aromatic nitrogens is 2. The molecule has 0 amide bonds. The average molecular weight is 160 g/mol. The zero-order valence-corrected chi connectivity index (χ0v) is 6.86. The SMILES string of the molecule is C[n+]1ncc2ccccc2c1N. The maximum atomic E-state index is 5.82. The summed E-state index contributed by atoms with van der Waals surface area (Å²) in [4.78, 5) is 0. The Morgan fingerprint density at radius 2 is 2.08 bits per heavy atom. The van der Waals surface area contributed by atoms with Gasteiger partial charge in [-0.2, -0.15) is 0 Å². The van der Waals surface area contributed by atoms with E-state index < -0.39 is 0 Å². The maximum Gasteiger partial charge on any atom is 0.300 e. The molecular weight excluding hydrogens is 150 g/mol. The van der Waals surface area contributed by atoms with Crippen LogP contribution < -0.4 is 10.4 Å². The molecule has 1 aromatic heterocycles. The number of nitrogens with zero attached hydrogens (tertiary/aromatic N) is 2. The Hall–Kier alpha value is -1.64. The first-order chi connectivity index (χ1) is 5.79. The molecular formula is C9H10N3+. The highest BCUT2D eigenvalue weighted by Gasteiger charge is 2.05. The molecule has 2 rings (SSSR count). The Morgan fingerprint density at radius 3 is 2.92 bits per heavy atom. The minimum absolute atomic E-state index is 0.702. The lowest BCUT2D eigenvalue weighted by Gasteiger charge is -1.97. The topological polar surface area (TPSA) is 42.8 Å². The van der Waals surface area contributed by atoms with Crippen LogP contribution in [0, 0.1) is 0 Å². The number of nitrogens with two attached hydrogens (primary N) is 1. The fourth-order valence-corrected chi connectivity index (χ4v) is 1.23. The summed E-state index contributed by atoms with van der Waals surface area (Å²) in [5.41, 5.74) is 5.82. The number of fused-ring (bicyclic) bond motifs is 1. The highest BCUT2D eigenvalue weighted by atomic mass is 15.3. The van der Waals surface area contributed by atoms with Gasteiger partial charge in [-0.05, 0) is 6.07 Å². The van der Waals surface area contributed by atoms with E-state index in [-0.39, 0.29) is 0 Å². The molecule has 2 N–H and O–H groups in total. The first kappa shape index (κ1) is 7.03. The molecule has 0 spiro atoms. The zero-order valence-electron chi connectivity index (χ0n) is 6.86. The van der Waals surface area contributed by atoms with Crippen molar-refractivity contribution in [3.63, 3.8) is 0 Å². The number of hydrogen-bond acceptors (Lipinski definition) is 2. The van der Waals surface area contributed by atoms with Gasteiger partial charge in [0, 0.05) is 5.39 Å². The van der Waals surface area contributed by atoms with Crippen molar-refractivity contribution in [3.05, 3.63) is 30.5 Å². The van der Waals surface area contributed by atoms with Gasteiger partial charge in [0.1, 0.15) is 7.05 Å². The van der Waals surface area contributed by atoms with Gasteiger partial charge in [0.2, 0.25) is 0 Å². The summed E-state index contributed by atoms with van der Waals surface area (Å²) in [6, 6.07) is 7.94.